The zero-order chi connectivity index (χ0) is 12.3. The van der Waals surface area contributed by atoms with Crippen molar-refractivity contribution >= 4 is 0 Å². The molecule has 1 aromatic heterocycles. The van der Waals surface area contributed by atoms with Crippen LogP contribution >= 0.6 is 0 Å². The predicted octanol–water partition coefficient (Wildman–Crippen LogP) is 2.41. The van der Waals surface area contributed by atoms with Gasteiger partial charge in [0.2, 0.25) is 0 Å². The molecule has 1 heterocycles. The molecule has 0 unspecified atom stereocenters. The van der Waals surface area contributed by atoms with Gasteiger partial charge in [0.1, 0.15) is 18.2 Å². The van der Waals surface area contributed by atoms with E-state index in [1.165, 1.54) is 18.3 Å². The minimum Gasteiger partial charge on any atom is -0.485 e. The van der Waals surface area contributed by atoms with Gasteiger partial charge in [-0.2, -0.15) is 0 Å². The number of hydrogen-bond donors (Lipinski definition) is 1. The van der Waals surface area contributed by atoms with E-state index in [0.717, 1.165) is 0 Å². The number of nitrogens with zero attached hydrogens (tertiary/aromatic N) is 1. The number of benzene rings is 1. The molecule has 0 spiro atoms. The molecule has 4 nitrogen and oxygen atoms in total. The smallest absolute Gasteiger partial charge is 0.174 e. The molecule has 0 amide bonds. The van der Waals surface area contributed by atoms with Crippen molar-refractivity contribution in [3.05, 3.63) is 47.6 Å². The monoisotopic (exact) mass is 236 g/mol. The van der Waals surface area contributed by atoms with Gasteiger partial charge in [0.25, 0.3) is 0 Å². The summed E-state index contributed by atoms with van der Waals surface area (Å²) >= 11 is 0. The zero-order valence-corrected chi connectivity index (χ0v) is 9.39. The Bertz CT molecular complexity index is 483. The first-order valence-electron chi connectivity index (χ1n) is 5.24. The quantitative estimate of drug-likeness (QED) is 0.885. The van der Waals surface area contributed by atoms with Crippen molar-refractivity contribution in [2.24, 2.45) is 5.73 Å². The average Bonchev–Trinajstić information content (AvgIpc) is 2.80. The molecule has 1 atom stereocenters. The van der Waals surface area contributed by atoms with E-state index in [4.69, 9.17) is 15.0 Å². The number of nitrogens with two attached hydrogens (primary N) is 1. The Morgan fingerprint density at radius 1 is 1.47 bits per heavy atom. The molecule has 0 aliphatic carbocycles. The molecule has 5 heteroatoms. The number of aromatic nitrogens is 1. The lowest BCUT2D eigenvalue weighted by Crippen LogP contribution is -2.08. The summed E-state index contributed by atoms with van der Waals surface area (Å²) in [5.41, 5.74) is 6.38. The van der Waals surface area contributed by atoms with Gasteiger partial charge >= 0.3 is 0 Å². The second-order valence-corrected chi connectivity index (χ2v) is 3.74. The van der Waals surface area contributed by atoms with Crippen LogP contribution in [0.3, 0.4) is 0 Å². The van der Waals surface area contributed by atoms with Gasteiger partial charge in [-0.1, -0.05) is 5.16 Å². The molecular weight excluding hydrogens is 223 g/mol. The molecule has 17 heavy (non-hydrogen) atoms. The number of halogens is 1. The van der Waals surface area contributed by atoms with Gasteiger partial charge in [-0.25, -0.2) is 4.39 Å². The van der Waals surface area contributed by atoms with E-state index < -0.39 is 0 Å². The van der Waals surface area contributed by atoms with Crippen molar-refractivity contribution in [2.45, 2.75) is 19.6 Å². The molecular formula is C12H13FN2O2. The van der Waals surface area contributed by atoms with Crippen LogP contribution in [0.4, 0.5) is 4.39 Å². The van der Waals surface area contributed by atoms with Crippen molar-refractivity contribution < 1.29 is 13.7 Å². The Labute approximate surface area is 98.2 Å². The van der Waals surface area contributed by atoms with Crippen LogP contribution in [0.2, 0.25) is 0 Å². The van der Waals surface area contributed by atoms with Crippen molar-refractivity contribution in [1.82, 2.24) is 5.16 Å². The summed E-state index contributed by atoms with van der Waals surface area (Å²) in [7, 11) is 0. The van der Waals surface area contributed by atoms with Crippen LogP contribution in [-0.4, -0.2) is 5.16 Å². The maximum atomic E-state index is 13.1. The van der Waals surface area contributed by atoms with Gasteiger partial charge in [-0.15, -0.1) is 0 Å². The molecule has 0 fully saturated rings. The van der Waals surface area contributed by atoms with Crippen LogP contribution in [0, 0.1) is 5.82 Å². The second-order valence-electron chi connectivity index (χ2n) is 3.74. The zero-order valence-electron chi connectivity index (χ0n) is 9.39. The summed E-state index contributed by atoms with van der Waals surface area (Å²) in [4.78, 5) is 0. The average molecular weight is 236 g/mol. The first-order valence-corrected chi connectivity index (χ1v) is 5.24. The molecule has 0 aliphatic heterocycles. The van der Waals surface area contributed by atoms with Crippen LogP contribution in [-0.2, 0) is 6.61 Å². The molecule has 0 bridgehead atoms. The highest BCUT2D eigenvalue weighted by atomic mass is 19.1. The fourth-order valence-corrected chi connectivity index (χ4v) is 1.47. The SMILES string of the molecule is C[C@@H](N)c1cc(F)ccc1OCc1ccno1. The number of ether oxygens (including phenoxy) is 1. The highest BCUT2D eigenvalue weighted by Gasteiger charge is 2.10. The van der Waals surface area contributed by atoms with Crippen LogP contribution in [0.15, 0.2) is 35.0 Å². The summed E-state index contributed by atoms with van der Waals surface area (Å²) in [6.07, 6.45) is 1.54. The van der Waals surface area contributed by atoms with Crippen molar-refractivity contribution in [3.8, 4) is 5.75 Å². The summed E-state index contributed by atoms with van der Waals surface area (Å²) in [5, 5.41) is 3.57. The topological polar surface area (TPSA) is 61.3 Å². The largest absolute Gasteiger partial charge is 0.485 e. The molecule has 1 aromatic carbocycles. The third kappa shape index (κ3) is 2.82. The van der Waals surface area contributed by atoms with Crippen molar-refractivity contribution in [3.63, 3.8) is 0 Å². The second kappa shape index (κ2) is 4.97. The summed E-state index contributed by atoms with van der Waals surface area (Å²) in [6, 6.07) is 5.68. The minimum atomic E-state index is -0.329. The molecule has 0 radical (unpaired) electrons. The van der Waals surface area contributed by atoms with E-state index in [9.17, 15) is 4.39 Å². The van der Waals surface area contributed by atoms with Crippen LogP contribution in [0.5, 0.6) is 5.75 Å². The molecule has 2 N–H and O–H groups in total. The summed E-state index contributed by atoms with van der Waals surface area (Å²) < 4.78 is 23.5. The maximum absolute atomic E-state index is 13.1. The van der Waals surface area contributed by atoms with Gasteiger partial charge in [0.05, 0.1) is 6.20 Å². The van der Waals surface area contributed by atoms with E-state index in [-0.39, 0.29) is 18.5 Å². The van der Waals surface area contributed by atoms with E-state index >= 15 is 0 Å². The van der Waals surface area contributed by atoms with Gasteiger partial charge in [0, 0.05) is 17.7 Å². The van der Waals surface area contributed by atoms with E-state index in [2.05, 4.69) is 5.16 Å². The molecule has 0 saturated carbocycles. The fourth-order valence-electron chi connectivity index (χ4n) is 1.47. The highest BCUT2D eigenvalue weighted by molar-refractivity contribution is 5.36. The van der Waals surface area contributed by atoms with Crippen LogP contribution < -0.4 is 10.5 Å². The lowest BCUT2D eigenvalue weighted by Gasteiger charge is -2.13. The Morgan fingerprint density at radius 3 is 2.94 bits per heavy atom. The molecule has 2 rings (SSSR count). The highest BCUT2D eigenvalue weighted by Crippen LogP contribution is 2.25. The maximum Gasteiger partial charge on any atom is 0.174 e. The Kier molecular flexibility index (Phi) is 3.39. The third-order valence-corrected chi connectivity index (χ3v) is 2.32. The third-order valence-electron chi connectivity index (χ3n) is 2.32. The van der Waals surface area contributed by atoms with E-state index in [1.54, 1.807) is 19.1 Å². The Morgan fingerprint density at radius 2 is 2.29 bits per heavy atom. The van der Waals surface area contributed by atoms with Gasteiger partial charge < -0.3 is 15.0 Å². The van der Waals surface area contributed by atoms with Crippen molar-refractivity contribution in [1.29, 1.82) is 0 Å². The van der Waals surface area contributed by atoms with Gasteiger partial charge in [0.15, 0.2) is 5.76 Å². The lowest BCUT2D eigenvalue weighted by molar-refractivity contribution is 0.246. The normalized spacial score (nSPS) is 12.4. The fraction of sp³-hybridized carbons (Fsp3) is 0.250. The molecule has 0 aliphatic rings. The van der Waals surface area contributed by atoms with Gasteiger partial charge in [-0.3, -0.25) is 0 Å². The lowest BCUT2D eigenvalue weighted by atomic mass is 10.1. The standard InChI is InChI=1S/C12H13FN2O2/c1-8(14)11-6-9(13)2-3-12(11)16-7-10-4-5-15-17-10/h2-6,8H,7,14H2,1H3/t8-/m1/s1. The molecule has 2 aromatic rings. The van der Waals surface area contributed by atoms with Crippen LogP contribution in [0.1, 0.15) is 24.3 Å². The van der Waals surface area contributed by atoms with E-state index in [1.807, 2.05) is 0 Å². The predicted molar refractivity (Wildman–Crippen MR) is 59.8 cm³/mol. The first-order chi connectivity index (χ1) is 8.16. The minimum absolute atomic E-state index is 0.241. The summed E-state index contributed by atoms with van der Waals surface area (Å²) in [5.74, 6) is 0.826. The van der Waals surface area contributed by atoms with Gasteiger partial charge in [-0.05, 0) is 25.1 Å². The Hall–Kier alpha value is -1.88. The molecule has 90 valence electrons. The Balaban J connectivity index is 2.14. The molecule has 0 saturated heterocycles. The van der Waals surface area contributed by atoms with E-state index in [0.29, 0.717) is 17.1 Å². The first kappa shape index (κ1) is 11.6. The number of rotatable bonds is 4. The van der Waals surface area contributed by atoms with Crippen LogP contribution in [0.25, 0.3) is 0 Å². The van der Waals surface area contributed by atoms with Crippen molar-refractivity contribution in [2.75, 3.05) is 0 Å². The summed E-state index contributed by atoms with van der Waals surface area (Å²) in [6.45, 7) is 2.02. The number of hydrogen-bond acceptors (Lipinski definition) is 4.